The Morgan fingerprint density at radius 3 is 1.95 bits per heavy atom. The maximum absolute atomic E-state index is 13.4. The summed E-state index contributed by atoms with van der Waals surface area (Å²) in [7, 11) is 0. The molecule has 2 aromatic rings. The number of benzene rings is 2. The first-order valence-corrected chi connectivity index (χ1v) is 6.84. The van der Waals surface area contributed by atoms with Crippen LogP contribution in [-0.2, 0) is 5.41 Å². The van der Waals surface area contributed by atoms with Crippen LogP contribution in [-0.4, -0.2) is 0 Å². The Balaban J connectivity index is 2.35. The van der Waals surface area contributed by atoms with E-state index in [1.807, 2.05) is 24.3 Å². The first-order valence-electron chi connectivity index (χ1n) is 6.84. The Labute approximate surface area is 124 Å². The van der Waals surface area contributed by atoms with Crippen molar-refractivity contribution in [2.24, 2.45) is 5.84 Å². The van der Waals surface area contributed by atoms with Crippen LogP contribution in [0.15, 0.2) is 42.5 Å². The van der Waals surface area contributed by atoms with Gasteiger partial charge in [-0.25, -0.2) is 14.2 Å². The molecule has 4 heteroatoms. The van der Waals surface area contributed by atoms with Gasteiger partial charge in [0.2, 0.25) is 0 Å². The number of hydrogen-bond donors (Lipinski definition) is 2. The van der Waals surface area contributed by atoms with Gasteiger partial charge < -0.3 is 0 Å². The zero-order valence-corrected chi connectivity index (χ0v) is 12.5. The molecule has 0 spiro atoms. The van der Waals surface area contributed by atoms with Gasteiger partial charge in [-0.2, -0.15) is 0 Å². The lowest BCUT2D eigenvalue weighted by atomic mass is 9.86. The minimum absolute atomic E-state index is 0.0617. The van der Waals surface area contributed by atoms with Crippen LogP contribution in [0.25, 0.3) is 0 Å². The molecular weight excluding hydrogens is 270 g/mol. The molecule has 0 saturated heterocycles. The molecule has 21 heavy (non-hydrogen) atoms. The summed E-state index contributed by atoms with van der Waals surface area (Å²) in [6, 6.07) is 11.4. The Kier molecular flexibility index (Phi) is 4.40. The van der Waals surface area contributed by atoms with Crippen LogP contribution < -0.4 is 11.3 Å². The van der Waals surface area contributed by atoms with Crippen LogP contribution in [0, 0.1) is 11.6 Å². The lowest BCUT2D eigenvalue weighted by Crippen LogP contribution is -2.29. The molecule has 0 radical (unpaired) electrons. The van der Waals surface area contributed by atoms with Crippen molar-refractivity contribution >= 4 is 0 Å². The van der Waals surface area contributed by atoms with Crippen molar-refractivity contribution in [3.8, 4) is 0 Å². The summed E-state index contributed by atoms with van der Waals surface area (Å²) in [4.78, 5) is 0. The van der Waals surface area contributed by atoms with E-state index in [4.69, 9.17) is 5.84 Å². The first-order chi connectivity index (χ1) is 9.82. The first kappa shape index (κ1) is 15.6. The average Bonchev–Trinajstić information content (AvgIpc) is 2.43. The van der Waals surface area contributed by atoms with Gasteiger partial charge in [-0.3, -0.25) is 5.84 Å². The third kappa shape index (κ3) is 3.46. The highest BCUT2D eigenvalue weighted by molar-refractivity contribution is 5.35. The molecule has 2 aromatic carbocycles. The van der Waals surface area contributed by atoms with Crippen molar-refractivity contribution in [1.29, 1.82) is 0 Å². The lowest BCUT2D eigenvalue weighted by Gasteiger charge is -2.21. The SMILES string of the molecule is CC(C)(C)c1ccc(C(NN)c2ccc(F)c(F)c2)cc1. The van der Waals surface area contributed by atoms with Crippen molar-refractivity contribution in [3.63, 3.8) is 0 Å². The van der Waals surface area contributed by atoms with E-state index >= 15 is 0 Å². The van der Waals surface area contributed by atoms with E-state index < -0.39 is 11.6 Å². The standard InChI is InChI=1S/C17H20F2N2/c1-17(2,3)13-7-4-11(5-8-13)16(21-20)12-6-9-14(18)15(19)10-12/h4-10,16,21H,20H2,1-3H3. The molecule has 1 atom stereocenters. The summed E-state index contributed by atoms with van der Waals surface area (Å²) in [5.41, 5.74) is 5.40. The van der Waals surface area contributed by atoms with E-state index in [1.165, 1.54) is 11.6 Å². The van der Waals surface area contributed by atoms with E-state index in [9.17, 15) is 8.78 Å². The van der Waals surface area contributed by atoms with Gasteiger partial charge >= 0.3 is 0 Å². The van der Waals surface area contributed by atoms with Crippen molar-refractivity contribution in [3.05, 3.63) is 70.8 Å². The van der Waals surface area contributed by atoms with E-state index in [0.29, 0.717) is 5.56 Å². The van der Waals surface area contributed by atoms with Crippen LogP contribution >= 0.6 is 0 Å². The Morgan fingerprint density at radius 1 is 0.905 bits per heavy atom. The van der Waals surface area contributed by atoms with Crippen LogP contribution in [0.4, 0.5) is 8.78 Å². The summed E-state index contributed by atoms with van der Waals surface area (Å²) in [5.74, 6) is 3.84. The maximum Gasteiger partial charge on any atom is 0.159 e. The highest BCUT2D eigenvalue weighted by Crippen LogP contribution is 2.27. The van der Waals surface area contributed by atoms with Gasteiger partial charge in [0.1, 0.15) is 0 Å². The van der Waals surface area contributed by atoms with Gasteiger partial charge in [0.25, 0.3) is 0 Å². The monoisotopic (exact) mass is 290 g/mol. The second kappa shape index (κ2) is 5.92. The summed E-state index contributed by atoms with van der Waals surface area (Å²) in [6.07, 6.45) is 0. The Morgan fingerprint density at radius 2 is 1.48 bits per heavy atom. The molecule has 0 heterocycles. The van der Waals surface area contributed by atoms with Gasteiger partial charge in [0.05, 0.1) is 6.04 Å². The van der Waals surface area contributed by atoms with E-state index in [1.54, 1.807) is 0 Å². The number of nitrogens with two attached hydrogens (primary N) is 1. The quantitative estimate of drug-likeness (QED) is 0.666. The molecule has 0 amide bonds. The van der Waals surface area contributed by atoms with E-state index in [0.717, 1.165) is 17.7 Å². The van der Waals surface area contributed by atoms with Crippen LogP contribution in [0.1, 0.15) is 43.5 Å². The number of nitrogens with one attached hydrogen (secondary N) is 1. The molecule has 0 aliphatic heterocycles. The molecule has 3 N–H and O–H groups in total. The molecule has 1 unspecified atom stereocenters. The van der Waals surface area contributed by atoms with Crippen molar-refractivity contribution in [1.82, 2.24) is 5.43 Å². The largest absolute Gasteiger partial charge is 0.271 e. The fourth-order valence-corrected chi connectivity index (χ4v) is 2.25. The van der Waals surface area contributed by atoms with Gasteiger partial charge in [0.15, 0.2) is 11.6 Å². The molecule has 0 saturated carbocycles. The molecular formula is C17H20F2N2. The minimum atomic E-state index is -0.876. The normalized spacial score (nSPS) is 13.2. The van der Waals surface area contributed by atoms with Crippen molar-refractivity contribution in [2.75, 3.05) is 0 Å². The third-order valence-corrected chi connectivity index (χ3v) is 3.55. The Bertz CT molecular complexity index is 616. The van der Waals surface area contributed by atoms with Crippen molar-refractivity contribution in [2.45, 2.75) is 32.2 Å². The second-order valence-electron chi connectivity index (χ2n) is 6.15. The molecule has 0 aliphatic carbocycles. The summed E-state index contributed by atoms with van der Waals surface area (Å²) >= 11 is 0. The average molecular weight is 290 g/mol. The minimum Gasteiger partial charge on any atom is -0.271 e. The fraction of sp³-hybridized carbons (Fsp3) is 0.294. The molecule has 0 bridgehead atoms. The second-order valence-corrected chi connectivity index (χ2v) is 6.15. The molecule has 0 aliphatic rings. The van der Waals surface area contributed by atoms with Gasteiger partial charge in [-0.1, -0.05) is 51.1 Å². The predicted molar refractivity (Wildman–Crippen MR) is 80.7 cm³/mol. The van der Waals surface area contributed by atoms with E-state index in [2.05, 4.69) is 26.2 Å². The summed E-state index contributed by atoms with van der Waals surface area (Å²) in [5, 5.41) is 0. The summed E-state index contributed by atoms with van der Waals surface area (Å²) < 4.78 is 26.4. The molecule has 2 nitrogen and oxygen atoms in total. The zero-order valence-electron chi connectivity index (χ0n) is 12.5. The van der Waals surface area contributed by atoms with Crippen LogP contribution in [0.5, 0.6) is 0 Å². The fourth-order valence-electron chi connectivity index (χ4n) is 2.25. The molecule has 2 rings (SSSR count). The van der Waals surface area contributed by atoms with Crippen LogP contribution in [0.3, 0.4) is 0 Å². The molecule has 0 fully saturated rings. The molecule has 112 valence electrons. The molecule has 0 aromatic heterocycles. The van der Waals surface area contributed by atoms with Gasteiger partial charge in [0, 0.05) is 0 Å². The summed E-state index contributed by atoms with van der Waals surface area (Å²) in [6.45, 7) is 6.40. The number of rotatable bonds is 3. The smallest absolute Gasteiger partial charge is 0.159 e. The van der Waals surface area contributed by atoms with Crippen LogP contribution in [0.2, 0.25) is 0 Å². The highest BCUT2D eigenvalue weighted by atomic mass is 19.2. The maximum atomic E-state index is 13.4. The highest BCUT2D eigenvalue weighted by Gasteiger charge is 2.17. The topological polar surface area (TPSA) is 38.0 Å². The number of hydrogen-bond acceptors (Lipinski definition) is 2. The van der Waals surface area contributed by atoms with Crippen molar-refractivity contribution < 1.29 is 8.78 Å². The zero-order chi connectivity index (χ0) is 15.6. The van der Waals surface area contributed by atoms with E-state index in [-0.39, 0.29) is 11.5 Å². The Hall–Kier alpha value is -1.78. The number of halogens is 2. The van der Waals surface area contributed by atoms with Gasteiger partial charge in [-0.15, -0.1) is 0 Å². The number of hydrazine groups is 1. The van der Waals surface area contributed by atoms with Gasteiger partial charge in [-0.05, 0) is 34.2 Å². The lowest BCUT2D eigenvalue weighted by molar-refractivity contribution is 0.504. The predicted octanol–water partition coefficient (Wildman–Crippen LogP) is 3.82. The third-order valence-electron chi connectivity index (χ3n) is 3.55.